The second-order valence-corrected chi connectivity index (χ2v) is 12.3. The number of carboxylic acids is 1. The summed E-state index contributed by atoms with van der Waals surface area (Å²) >= 11 is 0. The Labute approximate surface area is 273 Å². The maximum Gasteiger partial charge on any atom is 0.490 e. The van der Waals surface area contributed by atoms with Crippen LogP contribution in [0.1, 0.15) is 49.7 Å². The lowest BCUT2D eigenvalue weighted by Gasteiger charge is -2.48. The van der Waals surface area contributed by atoms with Gasteiger partial charge in [0.2, 0.25) is 0 Å². The van der Waals surface area contributed by atoms with Crippen LogP contribution in [0, 0.1) is 5.82 Å². The summed E-state index contributed by atoms with van der Waals surface area (Å²) in [6, 6.07) is 8.66. The number of carboxylic acid groups (broad SMARTS) is 1. The zero-order valence-corrected chi connectivity index (χ0v) is 26.7. The number of rotatable bonds is 6. The molecule has 1 saturated carbocycles. The number of halogens is 7. The summed E-state index contributed by atoms with van der Waals surface area (Å²) in [6.07, 6.45) is -4.63. The average Bonchev–Trinajstić information content (AvgIpc) is 3.41. The molecule has 3 N–H and O–H groups in total. The van der Waals surface area contributed by atoms with E-state index < -0.39 is 41.4 Å². The molecule has 2 amide bonds. The number of urea groups is 1. The van der Waals surface area contributed by atoms with Crippen LogP contribution in [0.4, 0.5) is 41.2 Å². The molecule has 0 radical (unpaired) electrons. The number of alkyl halides is 6. The fourth-order valence-corrected chi connectivity index (χ4v) is 7.15. The van der Waals surface area contributed by atoms with Gasteiger partial charge in [0.05, 0.1) is 25.5 Å². The van der Waals surface area contributed by atoms with Crippen LogP contribution in [0.2, 0.25) is 0 Å². The Morgan fingerprint density at radius 2 is 1.58 bits per heavy atom. The Balaban J connectivity index is 0.000000671. The van der Waals surface area contributed by atoms with E-state index in [0.717, 1.165) is 57.5 Å². The lowest BCUT2D eigenvalue weighted by Crippen LogP contribution is -2.56. The number of hydrogen-bond donors (Lipinski definition) is 3. The quantitative estimate of drug-likeness (QED) is 0.307. The average molecular weight is 693 g/mol. The van der Waals surface area contributed by atoms with Crippen molar-refractivity contribution in [1.29, 1.82) is 0 Å². The molecule has 0 spiro atoms. The summed E-state index contributed by atoms with van der Waals surface area (Å²) in [7, 11) is 5.38. The molecule has 2 aliphatic heterocycles. The number of carbonyl (C=O) groups is 2. The highest BCUT2D eigenvalue weighted by Crippen LogP contribution is 2.51. The first-order chi connectivity index (χ1) is 22.5. The minimum atomic E-state index is -5.08. The molecule has 2 heterocycles. The number of nitrogens with zero attached hydrogens (tertiary/aromatic N) is 2. The van der Waals surface area contributed by atoms with E-state index in [2.05, 4.69) is 39.6 Å². The van der Waals surface area contributed by atoms with Crippen molar-refractivity contribution >= 4 is 17.7 Å². The van der Waals surface area contributed by atoms with Gasteiger partial charge < -0.3 is 30.1 Å². The molecule has 3 fully saturated rings. The SMILES string of the molecule is COc1ccc(C23CCC(NC(=O)Nc4cccc(C(F)(F)F)c4F)CC2N(C2CCN(C)CC2)CC3)cc1OC.O=C(O)C(F)(F)F. The predicted molar refractivity (Wildman–Crippen MR) is 162 cm³/mol. The second-order valence-electron chi connectivity index (χ2n) is 12.3. The van der Waals surface area contributed by atoms with E-state index >= 15 is 0 Å². The number of hydrogen-bond acceptors (Lipinski definition) is 6. The van der Waals surface area contributed by atoms with Gasteiger partial charge in [-0.3, -0.25) is 4.90 Å². The van der Waals surface area contributed by atoms with Crippen molar-refractivity contribution in [1.82, 2.24) is 15.1 Å². The zero-order valence-electron chi connectivity index (χ0n) is 26.7. The highest BCUT2D eigenvalue weighted by Gasteiger charge is 2.53. The molecule has 9 nitrogen and oxygen atoms in total. The van der Waals surface area contributed by atoms with Gasteiger partial charge in [0.25, 0.3) is 0 Å². The lowest BCUT2D eigenvalue weighted by molar-refractivity contribution is -0.192. The molecule has 48 heavy (non-hydrogen) atoms. The van der Waals surface area contributed by atoms with Crippen LogP contribution in [-0.4, -0.2) is 92.1 Å². The molecule has 3 atom stereocenters. The number of ether oxygens (including phenoxy) is 2. The van der Waals surface area contributed by atoms with Crippen LogP contribution in [0.25, 0.3) is 0 Å². The van der Waals surface area contributed by atoms with Gasteiger partial charge in [0.1, 0.15) is 0 Å². The van der Waals surface area contributed by atoms with E-state index in [1.54, 1.807) is 14.2 Å². The van der Waals surface area contributed by atoms with Gasteiger partial charge in [0, 0.05) is 23.5 Å². The largest absolute Gasteiger partial charge is 0.493 e. The summed E-state index contributed by atoms with van der Waals surface area (Å²) in [5.41, 5.74) is -0.858. The van der Waals surface area contributed by atoms with E-state index in [4.69, 9.17) is 19.4 Å². The summed E-state index contributed by atoms with van der Waals surface area (Å²) < 4.78 is 96.8. The molecule has 2 aromatic carbocycles. The number of anilines is 1. The van der Waals surface area contributed by atoms with Gasteiger partial charge in [-0.15, -0.1) is 0 Å². The summed E-state index contributed by atoms with van der Waals surface area (Å²) in [4.78, 5) is 26.7. The highest BCUT2D eigenvalue weighted by atomic mass is 19.4. The standard InChI is InChI=1S/C30H38F4N4O3.C2HF3O2/c1-37-14-10-21(11-15-37)38-16-13-29(19-7-8-24(40-2)25(17-19)41-3)12-9-20(18-26(29)38)35-28(39)36-23-6-4-5-22(27(23)31)30(32,33)34;3-2(4,5)1(6)7/h4-8,17,20-21,26H,9-16,18H2,1-3H3,(H2,35,36,39);(H,6,7). The number of piperidine rings is 1. The van der Waals surface area contributed by atoms with E-state index in [1.165, 1.54) is 5.56 Å². The van der Waals surface area contributed by atoms with E-state index in [-0.39, 0.29) is 17.5 Å². The van der Waals surface area contributed by atoms with Crippen LogP contribution in [0.15, 0.2) is 36.4 Å². The fourth-order valence-electron chi connectivity index (χ4n) is 7.15. The van der Waals surface area contributed by atoms with Crippen molar-refractivity contribution in [2.45, 2.75) is 74.4 Å². The molecule has 16 heteroatoms. The molecule has 2 saturated heterocycles. The number of aliphatic carboxylic acids is 1. The zero-order chi connectivity index (χ0) is 35.4. The van der Waals surface area contributed by atoms with Gasteiger partial charge in [-0.25, -0.2) is 14.0 Å². The first-order valence-electron chi connectivity index (χ1n) is 15.4. The van der Waals surface area contributed by atoms with Crippen molar-refractivity contribution in [3.63, 3.8) is 0 Å². The monoisotopic (exact) mass is 692 g/mol. The Hall–Kier alpha value is -3.79. The van der Waals surface area contributed by atoms with E-state index in [9.17, 15) is 35.5 Å². The second kappa shape index (κ2) is 14.8. The minimum absolute atomic E-state index is 0.134. The first kappa shape index (κ1) is 37.0. The van der Waals surface area contributed by atoms with Crippen molar-refractivity contribution in [2.24, 2.45) is 0 Å². The van der Waals surface area contributed by atoms with E-state index in [1.807, 2.05) is 6.07 Å². The molecule has 2 aromatic rings. The number of amides is 2. The molecule has 3 aliphatic rings. The maximum atomic E-state index is 14.5. The van der Waals surface area contributed by atoms with Gasteiger partial charge in [-0.05, 0) is 95.0 Å². The van der Waals surface area contributed by atoms with Gasteiger partial charge in [0.15, 0.2) is 17.3 Å². The lowest BCUT2D eigenvalue weighted by atomic mass is 9.65. The number of likely N-dealkylation sites (tertiary alicyclic amines) is 2. The topological polar surface area (TPSA) is 103 Å². The normalized spacial score (nSPS) is 23.8. The van der Waals surface area contributed by atoms with Crippen molar-refractivity contribution in [3.8, 4) is 11.5 Å². The Kier molecular flexibility index (Phi) is 11.4. The molecule has 266 valence electrons. The molecule has 5 rings (SSSR count). The van der Waals surface area contributed by atoms with E-state index in [0.29, 0.717) is 36.4 Å². The predicted octanol–water partition coefficient (Wildman–Crippen LogP) is 6.28. The molecule has 1 aliphatic carbocycles. The first-order valence-corrected chi connectivity index (χ1v) is 15.4. The van der Waals surface area contributed by atoms with Crippen LogP contribution >= 0.6 is 0 Å². The van der Waals surface area contributed by atoms with Crippen LogP contribution in [0.3, 0.4) is 0 Å². The third-order valence-corrected chi connectivity index (χ3v) is 9.55. The Bertz CT molecular complexity index is 1450. The Morgan fingerprint density at radius 1 is 0.938 bits per heavy atom. The summed E-state index contributed by atoms with van der Waals surface area (Å²) in [5, 5.41) is 12.4. The number of fused-ring (bicyclic) bond motifs is 1. The van der Waals surface area contributed by atoms with Crippen molar-refractivity contribution < 1.29 is 54.9 Å². The summed E-state index contributed by atoms with van der Waals surface area (Å²) in [6.45, 7) is 3.01. The van der Waals surface area contributed by atoms with Crippen LogP contribution in [-0.2, 0) is 16.4 Å². The number of nitrogens with one attached hydrogen (secondary N) is 2. The van der Waals surface area contributed by atoms with Crippen molar-refractivity contribution in [3.05, 3.63) is 53.3 Å². The minimum Gasteiger partial charge on any atom is -0.493 e. The summed E-state index contributed by atoms with van der Waals surface area (Å²) in [5.74, 6) is -2.90. The number of carbonyl (C=O) groups excluding carboxylic acids is 1. The van der Waals surface area contributed by atoms with Crippen molar-refractivity contribution in [2.75, 3.05) is 46.2 Å². The third kappa shape index (κ3) is 8.25. The molecule has 3 unspecified atom stereocenters. The molecular formula is C32H39F7N4O5. The smallest absolute Gasteiger partial charge is 0.490 e. The molecular weight excluding hydrogens is 653 g/mol. The number of benzene rings is 2. The molecule has 0 bridgehead atoms. The third-order valence-electron chi connectivity index (χ3n) is 9.55. The maximum absolute atomic E-state index is 14.5. The molecule has 0 aromatic heterocycles. The van der Waals surface area contributed by atoms with Crippen LogP contribution < -0.4 is 20.1 Å². The fraction of sp³-hybridized carbons (Fsp3) is 0.562. The van der Waals surface area contributed by atoms with Gasteiger partial charge in [-0.2, -0.15) is 26.3 Å². The highest BCUT2D eigenvalue weighted by molar-refractivity contribution is 5.89. The van der Waals surface area contributed by atoms with Gasteiger partial charge >= 0.3 is 24.4 Å². The number of methoxy groups -OCH3 is 2. The Morgan fingerprint density at radius 3 is 2.17 bits per heavy atom. The van der Waals surface area contributed by atoms with Gasteiger partial charge in [-0.1, -0.05) is 12.1 Å². The van der Waals surface area contributed by atoms with Crippen LogP contribution in [0.5, 0.6) is 11.5 Å².